The van der Waals surface area contributed by atoms with Crippen LogP contribution < -0.4 is 5.73 Å². The third kappa shape index (κ3) is 4.45. The van der Waals surface area contributed by atoms with E-state index in [0.29, 0.717) is 31.5 Å². The Kier molecular flexibility index (Phi) is 4.84. The zero-order valence-electron chi connectivity index (χ0n) is 11.4. The zero-order chi connectivity index (χ0) is 13.9. The smallest absolute Gasteiger partial charge is 0.222 e. The van der Waals surface area contributed by atoms with Gasteiger partial charge in [-0.25, -0.2) is 8.42 Å². The summed E-state index contributed by atoms with van der Waals surface area (Å²) in [6.07, 6.45) is 5.88. The van der Waals surface area contributed by atoms with Crippen molar-refractivity contribution in [3.8, 4) is 0 Å². The minimum atomic E-state index is -2.90. The van der Waals surface area contributed by atoms with Crippen molar-refractivity contribution in [2.24, 2.45) is 11.7 Å². The van der Waals surface area contributed by atoms with E-state index in [-0.39, 0.29) is 17.4 Å². The number of hydrogen-bond donors (Lipinski definition) is 1. The van der Waals surface area contributed by atoms with Crippen molar-refractivity contribution in [1.82, 2.24) is 4.90 Å². The van der Waals surface area contributed by atoms with E-state index in [1.807, 2.05) is 0 Å². The van der Waals surface area contributed by atoms with E-state index in [0.717, 1.165) is 32.1 Å². The number of nitrogens with zero attached hydrogens (tertiary/aromatic N) is 1. The van der Waals surface area contributed by atoms with Gasteiger partial charge in [-0.1, -0.05) is 0 Å². The lowest BCUT2D eigenvalue weighted by Gasteiger charge is -2.29. The van der Waals surface area contributed by atoms with Gasteiger partial charge in [-0.3, -0.25) is 4.79 Å². The molecular formula is C13H24N2O3S. The predicted octanol–water partition coefficient (Wildman–Crippen LogP) is 0.541. The molecule has 0 radical (unpaired) electrons. The van der Waals surface area contributed by atoms with E-state index in [2.05, 4.69) is 0 Å². The maximum absolute atomic E-state index is 12.0. The van der Waals surface area contributed by atoms with Gasteiger partial charge in [-0.2, -0.15) is 0 Å². The fourth-order valence-corrected chi connectivity index (χ4v) is 4.13. The molecule has 5 nitrogen and oxygen atoms in total. The molecular weight excluding hydrogens is 264 g/mol. The van der Waals surface area contributed by atoms with Gasteiger partial charge in [0.15, 0.2) is 9.84 Å². The average molecular weight is 288 g/mol. The molecule has 19 heavy (non-hydrogen) atoms. The number of amides is 1. The van der Waals surface area contributed by atoms with Gasteiger partial charge in [0.1, 0.15) is 0 Å². The van der Waals surface area contributed by atoms with Gasteiger partial charge in [0, 0.05) is 25.6 Å². The molecule has 2 aliphatic rings. The molecule has 0 aromatic heterocycles. The Morgan fingerprint density at radius 2 is 1.68 bits per heavy atom. The van der Waals surface area contributed by atoms with Crippen LogP contribution in [0, 0.1) is 5.92 Å². The molecule has 0 bridgehead atoms. The van der Waals surface area contributed by atoms with E-state index in [4.69, 9.17) is 5.73 Å². The van der Waals surface area contributed by atoms with E-state index < -0.39 is 9.84 Å². The normalized spacial score (nSPS) is 31.1. The maximum Gasteiger partial charge on any atom is 0.222 e. The quantitative estimate of drug-likeness (QED) is 0.822. The summed E-state index contributed by atoms with van der Waals surface area (Å²) in [4.78, 5) is 13.7. The lowest BCUT2D eigenvalue weighted by Crippen LogP contribution is -2.43. The third-order valence-corrected chi connectivity index (χ3v) is 5.96. The average Bonchev–Trinajstić information content (AvgIpc) is 2.37. The minimum Gasteiger partial charge on any atom is -0.341 e. The Hall–Kier alpha value is -0.620. The summed E-state index contributed by atoms with van der Waals surface area (Å²) in [5.41, 5.74) is 5.86. The predicted molar refractivity (Wildman–Crippen MR) is 74.4 cm³/mol. The second kappa shape index (κ2) is 6.22. The van der Waals surface area contributed by atoms with Gasteiger partial charge < -0.3 is 10.6 Å². The van der Waals surface area contributed by atoms with Crippen molar-refractivity contribution in [1.29, 1.82) is 0 Å². The molecule has 1 aliphatic carbocycles. The molecule has 0 unspecified atom stereocenters. The molecule has 110 valence electrons. The van der Waals surface area contributed by atoms with E-state index in [1.165, 1.54) is 0 Å². The summed E-state index contributed by atoms with van der Waals surface area (Å²) in [6.45, 7) is 0.743. The highest BCUT2D eigenvalue weighted by atomic mass is 32.2. The van der Waals surface area contributed by atoms with Crippen LogP contribution in [0.5, 0.6) is 0 Å². The first-order valence-electron chi connectivity index (χ1n) is 7.20. The summed E-state index contributed by atoms with van der Waals surface area (Å²) >= 11 is 0. The van der Waals surface area contributed by atoms with Crippen LogP contribution in [0.25, 0.3) is 0 Å². The van der Waals surface area contributed by atoms with Gasteiger partial charge in [0.2, 0.25) is 5.91 Å². The minimum absolute atomic E-state index is 0.116. The molecule has 0 atom stereocenters. The van der Waals surface area contributed by atoms with Crippen LogP contribution in [-0.4, -0.2) is 49.9 Å². The van der Waals surface area contributed by atoms with Crippen LogP contribution in [0.2, 0.25) is 0 Å². The Bertz CT molecular complexity index is 400. The largest absolute Gasteiger partial charge is 0.341 e. The van der Waals surface area contributed by atoms with E-state index in [9.17, 15) is 13.2 Å². The van der Waals surface area contributed by atoms with Gasteiger partial charge in [0.05, 0.1) is 11.5 Å². The van der Waals surface area contributed by atoms with Gasteiger partial charge in [-0.05, 0) is 38.0 Å². The Morgan fingerprint density at radius 3 is 2.26 bits per heavy atom. The van der Waals surface area contributed by atoms with E-state index >= 15 is 0 Å². The van der Waals surface area contributed by atoms with Gasteiger partial charge in [-0.15, -0.1) is 0 Å². The molecule has 0 spiro atoms. The Balaban J connectivity index is 1.70. The van der Waals surface area contributed by atoms with Crippen LogP contribution in [0.1, 0.15) is 38.5 Å². The summed E-state index contributed by atoms with van der Waals surface area (Å²) in [5, 5.41) is 0. The first-order valence-corrected chi connectivity index (χ1v) is 9.02. The Labute approximate surface area is 115 Å². The molecule has 1 amide bonds. The second-order valence-electron chi connectivity index (χ2n) is 5.85. The fourth-order valence-electron chi connectivity index (χ4n) is 2.92. The number of carbonyl (C=O) groups is 1. The first kappa shape index (κ1) is 14.8. The third-order valence-electron chi connectivity index (χ3n) is 4.35. The van der Waals surface area contributed by atoms with Gasteiger partial charge >= 0.3 is 0 Å². The van der Waals surface area contributed by atoms with Crippen molar-refractivity contribution in [3.05, 3.63) is 0 Å². The monoisotopic (exact) mass is 288 g/mol. The van der Waals surface area contributed by atoms with Crippen molar-refractivity contribution in [2.45, 2.75) is 44.6 Å². The van der Waals surface area contributed by atoms with Gasteiger partial charge in [0.25, 0.3) is 0 Å². The number of carbonyl (C=O) groups excluding carboxylic acids is 1. The SMILES string of the molecule is NC1CCC(CCC(=O)N2CCS(=O)(=O)CC2)CC1. The topological polar surface area (TPSA) is 80.5 Å². The molecule has 2 N–H and O–H groups in total. The summed E-state index contributed by atoms with van der Waals surface area (Å²) < 4.78 is 22.6. The zero-order valence-corrected chi connectivity index (χ0v) is 12.2. The lowest BCUT2D eigenvalue weighted by molar-refractivity contribution is -0.131. The molecule has 1 aliphatic heterocycles. The maximum atomic E-state index is 12.0. The van der Waals surface area contributed by atoms with Crippen LogP contribution >= 0.6 is 0 Å². The lowest BCUT2D eigenvalue weighted by atomic mass is 9.84. The van der Waals surface area contributed by atoms with Crippen molar-refractivity contribution in [2.75, 3.05) is 24.6 Å². The summed E-state index contributed by atoms with van der Waals surface area (Å²) in [7, 11) is -2.90. The molecule has 1 saturated heterocycles. The van der Waals surface area contributed by atoms with Crippen molar-refractivity contribution in [3.63, 3.8) is 0 Å². The summed E-state index contributed by atoms with van der Waals surface area (Å²) in [6, 6.07) is 0.347. The number of hydrogen-bond acceptors (Lipinski definition) is 4. The van der Waals surface area contributed by atoms with Crippen molar-refractivity contribution < 1.29 is 13.2 Å². The first-order chi connectivity index (χ1) is 8.96. The number of nitrogens with two attached hydrogens (primary N) is 1. The fraction of sp³-hybridized carbons (Fsp3) is 0.923. The molecule has 1 heterocycles. The number of sulfone groups is 1. The Morgan fingerprint density at radius 1 is 1.11 bits per heavy atom. The highest BCUT2D eigenvalue weighted by Crippen LogP contribution is 2.27. The molecule has 2 rings (SSSR count). The number of rotatable bonds is 3. The molecule has 0 aromatic rings. The standard InChI is InChI=1S/C13H24N2O3S/c14-12-4-1-11(2-5-12)3-6-13(16)15-7-9-19(17,18)10-8-15/h11-12H,1-10,14H2. The second-order valence-corrected chi connectivity index (χ2v) is 8.16. The highest BCUT2D eigenvalue weighted by Gasteiger charge is 2.26. The molecule has 2 fully saturated rings. The van der Waals surface area contributed by atoms with E-state index in [1.54, 1.807) is 4.90 Å². The molecule has 6 heteroatoms. The van der Waals surface area contributed by atoms with Crippen LogP contribution in [0.4, 0.5) is 0 Å². The molecule has 0 aromatic carbocycles. The highest BCUT2D eigenvalue weighted by molar-refractivity contribution is 7.91. The van der Waals surface area contributed by atoms with Crippen LogP contribution in [0.15, 0.2) is 0 Å². The summed E-state index contributed by atoms with van der Waals surface area (Å²) in [5.74, 6) is 0.982. The molecule has 1 saturated carbocycles. The van der Waals surface area contributed by atoms with Crippen LogP contribution in [0.3, 0.4) is 0 Å². The van der Waals surface area contributed by atoms with Crippen molar-refractivity contribution >= 4 is 15.7 Å². The van der Waals surface area contributed by atoms with Crippen LogP contribution in [-0.2, 0) is 14.6 Å².